The van der Waals surface area contributed by atoms with E-state index in [1.54, 1.807) is 19.4 Å². The SMILES string of the molecule is COc1nc(-c2ccccn2)nc2c(-c3cccc(=O)[nH]3)csc12.Cl. The lowest BCUT2D eigenvalue weighted by Crippen LogP contribution is -2.03. The van der Waals surface area contributed by atoms with Gasteiger partial charge < -0.3 is 9.72 Å². The van der Waals surface area contributed by atoms with Crippen molar-refractivity contribution >= 4 is 34.0 Å². The molecule has 0 bridgehead atoms. The monoisotopic (exact) mass is 372 g/mol. The summed E-state index contributed by atoms with van der Waals surface area (Å²) in [5.74, 6) is 0.980. The molecule has 25 heavy (non-hydrogen) atoms. The Balaban J connectivity index is 0.00000182. The van der Waals surface area contributed by atoms with Gasteiger partial charge in [0.25, 0.3) is 0 Å². The van der Waals surface area contributed by atoms with E-state index in [-0.39, 0.29) is 18.0 Å². The highest BCUT2D eigenvalue weighted by Crippen LogP contribution is 2.37. The first kappa shape index (κ1) is 17.1. The fourth-order valence-electron chi connectivity index (χ4n) is 2.44. The van der Waals surface area contributed by atoms with Gasteiger partial charge in [0.1, 0.15) is 10.4 Å². The van der Waals surface area contributed by atoms with E-state index in [1.165, 1.54) is 17.4 Å². The van der Waals surface area contributed by atoms with Gasteiger partial charge in [-0.3, -0.25) is 9.78 Å². The number of thiophene rings is 1. The minimum Gasteiger partial charge on any atom is -0.480 e. The maximum atomic E-state index is 11.6. The summed E-state index contributed by atoms with van der Waals surface area (Å²) in [5, 5.41) is 1.94. The molecule has 0 aliphatic rings. The molecule has 0 aliphatic carbocycles. The van der Waals surface area contributed by atoms with Gasteiger partial charge in [-0.15, -0.1) is 23.7 Å². The second-order valence-corrected chi connectivity index (χ2v) is 5.91. The number of hydrogen-bond acceptors (Lipinski definition) is 6. The molecule has 0 fully saturated rings. The Morgan fingerprint density at radius 3 is 2.72 bits per heavy atom. The van der Waals surface area contributed by atoms with Crippen molar-refractivity contribution in [3.8, 4) is 28.7 Å². The summed E-state index contributed by atoms with van der Waals surface area (Å²) < 4.78 is 6.25. The molecule has 0 unspecified atom stereocenters. The predicted octanol–water partition coefficient (Wildman–Crippen LogP) is 3.54. The lowest BCUT2D eigenvalue weighted by Gasteiger charge is -2.05. The summed E-state index contributed by atoms with van der Waals surface area (Å²) in [7, 11) is 1.58. The highest BCUT2D eigenvalue weighted by atomic mass is 35.5. The van der Waals surface area contributed by atoms with Gasteiger partial charge in [0.2, 0.25) is 11.4 Å². The summed E-state index contributed by atoms with van der Waals surface area (Å²) in [4.78, 5) is 27.9. The third-order valence-electron chi connectivity index (χ3n) is 3.53. The van der Waals surface area contributed by atoms with E-state index in [0.29, 0.717) is 23.1 Å². The van der Waals surface area contributed by atoms with Crippen molar-refractivity contribution in [3.63, 3.8) is 0 Å². The first-order valence-corrected chi connectivity index (χ1v) is 8.08. The fraction of sp³-hybridized carbons (Fsp3) is 0.0588. The van der Waals surface area contributed by atoms with E-state index >= 15 is 0 Å². The number of ether oxygens (including phenoxy) is 1. The molecule has 4 heterocycles. The standard InChI is InChI=1S/C17H12N4O2S.ClH/c1-23-17-15-14(20-16(21-17)12-5-2-3-8-18-12)10(9-24-15)11-6-4-7-13(22)19-11;/h2-9H,1H3,(H,19,22);1H. The molecule has 126 valence electrons. The fourth-order valence-corrected chi connectivity index (χ4v) is 3.41. The van der Waals surface area contributed by atoms with E-state index in [9.17, 15) is 4.79 Å². The molecular formula is C17H13ClN4O2S. The van der Waals surface area contributed by atoms with Crippen LogP contribution < -0.4 is 10.3 Å². The van der Waals surface area contributed by atoms with Crippen molar-refractivity contribution < 1.29 is 4.74 Å². The van der Waals surface area contributed by atoms with Crippen molar-refractivity contribution in [1.82, 2.24) is 19.9 Å². The number of hydrogen-bond donors (Lipinski definition) is 1. The van der Waals surface area contributed by atoms with Gasteiger partial charge >= 0.3 is 0 Å². The number of nitrogens with one attached hydrogen (secondary N) is 1. The third kappa shape index (κ3) is 3.11. The van der Waals surface area contributed by atoms with Crippen LogP contribution in [0.4, 0.5) is 0 Å². The van der Waals surface area contributed by atoms with Crippen molar-refractivity contribution in [3.05, 3.63) is 58.3 Å². The normalized spacial score (nSPS) is 10.4. The third-order valence-corrected chi connectivity index (χ3v) is 4.49. The Morgan fingerprint density at radius 2 is 2.00 bits per heavy atom. The average Bonchev–Trinajstić information content (AvgIpc) is 3.05. The number of rotatable bonds is 3. The summed E-state index contributed by atoms with van der Waals surface area (Å²) in [6, 6.07) is 10.6. The Bertz CT molecular complexity index is 1080. The molecule has 1 N–H and O–H groups in total. The van der Waals surface area contributed by atoms with E-state index in [2.05, 4.69) is 19.9 Å². The van der Waals surface area contributed by atoms with E-state index < -0.39 is 0 Å². The molecule has 4 rings (SSSR count). The molecule has 0 amide bonds. The number of aromatic nitrogens is 4. The smallest absolute Gasteiger partial charge is 0.248 e. The Hall–Kier alpha value is -2.77. The lowest BCUT2D eigenvalue weighted by molar-refractivity contribution is 0.404. The molecule has 0 saturated carbocycles. The topological polar surface area (TPSA) is 80.8 Å². The predicted molar refractivity (Wildman–Crippen MR) is 101 cm³/mol. The molecule has 8 heteroatoms. The molecule has 0 radical (unpaired) electrons. The van der Waals surface area contributed by atoms with Crippen LogP contribution in [0.25, 0.3) is 33.0 Å². The maximum Gasteiger partial charge on any atom is 0.248 e. The number of aromatic amines is 1. The molecule has 0 saturated heterocycles. The van der Waals surface area contributed by atoms with Crippen LogP contribution in [0.1, 0.15) is 0 Å². The first-order chi connectivity index (χ1) is 11.8. The maximum absolute atomic E-state index is 11.6. The highest BCUT2D eigenvalue weighted by molar-refractivity contribution is 7.18. The first-order valence-electron chi connectivity index (χ1n) is 7.20. The zero-order valence-corrected chi connectivity index (χ0v) is 14.7. The molecule has 0 aliphatic heterocycles. The van der Waals surface area contributed by atoms with Gasteiger partial charge in [0.15, 0.2) is 5.82 Å². The largest absolute Gasteiger partial charge is 0.480 e. The van der Waals surface area contributed by atoms with Gasteiger partial charge in [0.05, 0.1) is 18.3 Å². The summed E-state index contributed by atoms with van der Waals surface area (Å²) >= 11 is 1.48. The molecule has 4 aromatic heterocycles. The zero-order chi connectivity index (χ0) is 16.5. The Morgan fingerprint density at radius 1 is 1.12 bits per heavy atom. The highest BCUT2D eigenvalue weighted by Gasteiger charge is 2.17. The van der Waals surface area contributed by atoms with E-state index in [4.69, 9.17) is 4.74 Å². The lowest BCUT2D eigenvalue weighted by atomic mass is 10.2. The van der Waals surface area contributed by atoms with Crippen LogP contribution in [0.2, 0.25) is 0 Å². The van der Waals surface area contributed by atoms with Crippen LogP contribution in [-0.2, 0) is 0 Å². The minimum absolute atomic E-state index is 0. The Kier molecular flexibility index (Phi) is 4.78. The minimum atomic E-state index is -0.155. The van der Waals surface area contributed by atoms with Gasteiger partial charge in [-0.25, -0.2) is 4.98 Å². The van der Waals surface area contributed by atoms with Crippen molar-refractivity contribution in [1.29, 1.82) is 0 Å². The number of nitrogens with zero attached hydrogens (tertiary/aromatic N) is 3. The Labute approximate surface area is 153 Å². The summed E-state index contributed by atoms with van der Waals surface area (Å²) in [6.07, 6.45) is 1.69. The molecule has 4 aromatic rings. The van der Waals surface area contributed by atoms with Crippen molar-refractivity contribution in [2.45, 2.75) is 0 Å². The molecular weight excluding hydrogens is 360 g/mol. The molecule has 0 spiro atoms. The van der Waals surface area contributed by atoms with Crippen LogP contribution in [0.5, 0.6) is 5.88 Å². The molecule has 0 atom stereocenters. The molecule has 0 aromatic carbocycles. The number of halogens is 1. The zero-order valence-electron chi connectivity index (χ0n) is 13.1. The van der Waals surface area contributed by atoms with Crippen molar-refractivity contribution in [2.75, 3.05) is 7.11 Å². The number of methoxy groups -OCH3 is 1. The number of pyridine rings is 2. The average molecular weight is 373 g/mol. The summed E-state index contributed by atoms with van der Waals surface area (Å²) in [6.45, 7) is 0. The van der Waals surface area contributed by atoms with Crippen molar-refractivity contribution in [2.24, 2.45) is 0 Å². The van der Waals surface area contributed by atoms with Crippen LogP contribution >= 0.6 is 23.7 Å². The van der Waals surface area contributed by atoms with Gasteiger partial charge in [-0.1, -0.05) is 12.1 Å². The van der Waals surface area contributed by atoms with E-state index in [0.717, 1.165) is 15.8 Å². The van der Waals surface area contributed by atoms with E-state index in [1.807, 2.05) is 29.6 Å². The van der Waals surface area contributed by atoms with Crippen LogP contribution in [-0.4, -0.2) is 27.0 Å². The number of H-pyrrole nitrogens is 1. The summed E-state index contributed by atoms with van der Waals surface area (Å²) in [5.41, 5.74) is 2.79. The quantitative estimate of drug-likeness (QED) is 0.595. The van der Waals surface area contributed by atoms with Gasteiger partial charge in [-0.05, 0) is 18.2 Å². The van der Waals surface area contributed by atoms with Gasteiger partial charge in [-0.2, -0.15) is 4.98 Å². The number of fused-ring (bicyclic) bond motifs is 1. The second-order valence-electron chi connectivity index (χ2n) is 5.03. The molecule has 6 nitrogen and oxygen atoms in total. The van der Waals surface area contributed by atoms with Crippen LogP contribution in [0.15, 0.2) is 52.8 Å². The van der Waals surface area contributed by atoms with Crippen LogP contribution in [0.3, 0.4) is 0 Å². The van der Waals surface area contributed by atoms with Crippen LogP contribution in [0, 0.1) is 0 Å². The van der Waals surface area contributed by atoms with Gasteiger partial charge in [0, 0.05) is 23.2 Å². The second kappa shape index (κ2) is 7.00.